The molecule has 0 N–H and O–H groups in total. The summed E-state index contributed by atoms with van der Waals surface area (Å²) in [5.74, 6) is 0.108. The highest BCUT2D eigenvalue weighted by Gasteiger charge is 2.42. The highest BCUT2D eigenvalue weighted by Crippen LogP contribution is 2.32. The number of ketones is 1. The molecular formula is C10H18O3. The van der Waals surface area contributed by atoms with Gasteiger partial charge in [-0.3, -0.25) is 4.79 Å². The highest BCUT2D eigenvalue weighted by atomic mass is 16.5. The molecule has 0 amide bonds. The van der Waals surface area contributed by atoms with Gasteiger partial charge in [0.05, 0.1) is 12.2 Å². The summed E-state index contributed by atoms with van der Waals surface area (Å²) in [6, 6.07) is 0. The molecule has 1 heterocycles. The predicted octanol–water partition coefficient (Wildman–Crippen LogP) is 1.55. The Morgan fingerprint density at radius 2 is 1.85 bits per heavy atom. The van der Waals surface area contributed by atoms with Crippen LogP contribution in [0.25, 0.3) is 0 Å². The monoisotopic (exact) mass is 186 g/mol. The average Bonchev–Trinajstić information content (AvgIpc) is 2.02. The van der Waals surface area contributed by atoms with Crippen molar-refractivity contribution in [2.24, 2.45) is 0 Å². The second-order valence-electron chi connectivity index (χ2n) is 3.92. The minimum Gasteiger partial charge on any atom is -0.375 e. The maximum Gasteiger partial charge on any atom is 0.161 e. The van der Waals surface area contributed by atoms with Gasteiger partial charge in [0.1, 0.15) is 5.60 Å². The third-order valence-corrected chi connectivity index (χ3v) is 2.73. The first-order valence-electron chi connectivity index (χ1n) is 4.72. The molecule has 3 heteroatoms. The Bertz CT molecular complexity index is 190. The Hall–Kier alpha value is -0.410. The number of methoxy groups -OCH3 is 1. The molecule has 3 nitrogen and oxygen atoms in total. The molecule has 2 atom stereocenters. The fourth-order valence-corrected chi connectivity index (χ4v) is 2.10. The van der Waals surface area contributed by atoms with Crippen molar-refractivity contribution in [2.45, 2.75) is 51.4 Å². The van der Waals surface area contributed by atoms with Crippen LogP contribution >= 0.6 is 0 Å². The largest absolute Gasteiger partial charge is 0.375 e. The summed E-state index contributed by atoms with van der Waals surface area (Å²) in [4.78, 5) is 11.5. The second kappa shape index (κ2) is 3.76. The van der Waals surface area contributed by atoms with Gasteiger partial charge in [-0.15, -0.1) is 0 Å². The molecule has 0 saturated carbocycles. The first-order chi connectivity index (χ1) is 6.00. The van der Waals surface area contributed by atoms with E-state index in [2.05, 4.69) is 0 Å². The molecule has 0 bridgehead atoms. The van der Waals surface area contributed by atoms with E-state index in [9.17, 15) is 4.79 Å². The van der Waals surface area contributed by atoms with Crippen LogP contribution in [0.2, 0.25) is 0 Å². The number of hydrogen-bond acceptors (Lipinski definition) is 3. The average molecular weight is 186 g/mol. The maximum atomic E-state index is 11.5. The van der Waals surface area contributed by atoms with Gasteiger partial charge in [-0.25, -0.2) is 0 Å². The molecule has 1 fully saturated rings. The zero-order valence-electron chi connectivity index (χ0n) is 8.79. The topological polar surface area (TPSA) is 35.5 Å². The van der Waals surface area contributed by atoms with Crippen molar-refractivity contribution in [1.82, 2.24) is 0 Å². The molecule has 1 rings (SSSR count). The smallest absolute Gasteiger partial charge is 0.161 e. The van der Waals surface area contributed by atoms with Crippen molar-refractivity contribution < 1.29 is 14.3 Å². The zero-order valence-corrected chi connectivity index (χ0v) is 8.79. The number of carbonyl (C=O) groups is 1. The van der Waals surface area contributed by atoms with Crippen molar-refractivity contribution in [2.75, 3.05) is 7.11 Å². The lowest BCUT2D eigenvalue weighted by Crippen LogP contribution is -2.49. The van der Waals surface area contributed by atoms with Gasteiger partial charge in [0, 0.05) is 20.0 Å². The molecule has 2 unspecified atom stereocenters. The Kier molecular flexibility index (Phi) is 3.09. The molecule has 1 saturated heterocycles. The van der Waals surface area contributed by atoms with Gasteiger partial charge >= 0.3 is 0 Å². The van der Waals surface area contributed by atoms with Crippen molar-refractivity contribution in [3.63, 3.8) is 0 Å². The normalized spacial score (nSPS) is 40.3. The summed E-state index contributed by atoms with van der Waals surface area (Å²) in [5, 5.41) is 0. The van der Waals surface area contributed by atoms with Crippen LogP contribution in [-0.2, 0) is 14.3 Å². The van der Waals surface area contributed by atoms with E-state index >= 15 is 0 Å². The van der Waals surface area contributed by atoms with E-state index in [4.69, 9.17) is 9.47 Å². The summed E-state index contributed by atoms with van der Waals surface area (Å²) >= 11 is 0. The van der Waals surface area contributed by atoms with Gasteiger partial charge in [-0.1, -0.05) is 0 Å². The third kappa shape index (κ3) is 2.09. The van der Waals surface area contributed by atoms with E-state index in [0.717, 1.165) is 0 Å². The number of rotatable bonds is 2. The predicted molar refractivity (Wildman–Crippen MR) is 49.7 cm³/mol. The molecule has 0 aliphatic carbocycles. The molecule has 0 aromatic rings. The lowest BCUT2D eigenvalue weighted by molar-refractivity contribution is -0.168. The van der Waals surface area contributed by atoms with E-state index in [-0.39, 0.29) is 18.0 Å². The number of hydrogen-bond donors (Lipinski definition) is 0. The Morgan fingerprint density at radius 3 is 2.15 bits per heavy atom. The Labute approximate surface area is 79.4 Å². The van der Waals surface area contributed by atoms with Gasteiger partial charge < -0.3 is 9.47 Å². The molecule has 1 aliphatic heterocycles. The quantitative estimate of drug-likeness (QED) is 0.656. The van der Waals surface area contributed by atoms with Crippen LogP contribution in [0.4, 0.5) is 0 Å². The lowest BCUT2D eigenvalue weighted by Gasteiger charge is -2.40. The van der Waals surface area contributed by atoms with E-state index < -0.39 is 5.60 Å². The second-order valence-corrected chi connectivity index (χ2v) is 3.92. The standard InChI is InChI=1S/C10H18O3/c1-7-5-10(12-4,9(3)11)6-8(2)13-7/h7-8H,5-6H2,1-4H3. The van der Waals surface area contributed by atoms with Gasteiger partial charge in [0.15, 0.2) is 5.78 Å². The first kappa shape index (κ1) is 10.7. The molecule has 0 spiro atoms. The van der Waals surface area contributed by atoms with Crippen LogP contribution in [0.5, 0.6) is 0 Å². The SMILES string of the molecule is COC1(C(C)=O)CC(C)OC(C)C1. The van der Waals surface area contributed by atoms with Crippen LogP contribution in [0.3, 0.4) is 0 Å². The summed E-state index contributed by atoms with van der Waals surface area (Å²) in [6.45, 7) is 5.55. The van der Waals surface area contributed by atoms with Crippen LogP contribution in [0.15, 0.2) is 0 Å². The fourth-order valence-electron chi connectivity index (χ4n) is 2.10. The molecule has 0 radical (unpaired) electrons. The van der Waals surface area contributed by atoms with Gasteiger partial charge in [-0.05, 0) is 20.8 Å². The minimum atomic E-state index is -0.600. The molecule has 0 aromatic carbocycles. The van der Waals surface area contributed by atoms with E-state index in [1.54, 1.807) is 14.0 Å². The van der Waals surface area contributed by atoms with E-state index in [1.807, 2.05) is 13.8 Å². The Morgan fingerprint density at radius 1 is 1.38 bits per heavy atom. The number of carbonyl (C=O) groups excluding carboxylic acids is 1. The van der Waals surface area contributed by atoms with E-state index in [0.29, 0.717) is 12.8 Å². The van der Waals surface area contributed by atoms with Gasteiger partial charge in [0.2, 0.25) is 0 Å². The lowest BCUT2D eigenvalue weighted by atomic mass is 9.84. The summed E-state index contributed by atoms with van der Waals surface area (Å²) < 4.78 is 10.9. The molecule has 13 heavy (non-hydrogen) atoms. The van der Waals surface area contributed by atoms with Crippen molar-refractivity contribution in [3.8, 4) is 0 Å². The summed E-state index contributed by atoms with van der Waals surface area (Å²) in [7, 11) is 1.60. The van der Waals surface area contributed by atoms with Crippen LogP contribution in [0, 0.1) is 0 Å². The highest BCUT2D eigenvalue weighted by molar-refractivity contribution is 5.85. The first-order valence-corrected chi connectivity index (χ1v) is 4.72. The number of Topliss-reactive ketones (excluding diaryl/α,β-unsaturated/α-hetero) is 1. The molecule has 76 valence electrons. The van der Waals surface area contributed by atoms with E-state index in [1.165, 1.54) is 0 Å². The maximum absolute atomic E-state index is 11.5. The van der Waals surface area contributed by atoms with Crippen LogP contribution in [-0.4, -0.2) is 30.7 Å². The van der Waals surface area contributed by atoms with Gasteiger partial charge in [0.25, 0.3) is 0 Å². The number of ether oxygens (including phenoxy) is 2. The zero-order chi connectivity index (χ0) is 10.1. The molecule has 1 aliphatic rings. The molecular weight excluding hydrogens is 168 g/mol. The Balaban J connectivity index is 2.80. The van der Waals surface area contributed by atoms with Gasteiger partial charge in [-0.2, -0.15) is 0 Å². The van der Waals surface area contributed by atoms with Crippen molar-refractivity contribution in [1.29, 1.82) is 0 Å². The summed E-state index contributed by atoms with van der Waals surface area (Å²) in [5.41, 5.74) is -0.600. The van der Waals surface area contributed by atoms with Crippen molar-refractivity contribution in [3.05, 3.63) is 0 Å². The van der Waals surface area contributed by atoms with Crippen molar-refractivity contribution >= 4 is 5.78 Å². The van der Waals surface area contributed by atoms with Crippen LogP contribution < -0.4 is 0 Å². The summed E-state index contributed by atoms with van der Waals surface area (Å²) in [6.07, 6.45) is 1.55. The minimum absolute atomic E-state index is 0.104. The third-order valence-electron chi connectivity index (χ3n) is 2.73. The fraction of sp³-hybridized carbons (Fsp3) is 0.900. The van der Waals surface area contributed by atoms with Crippen LogP contribution in [0.1, 0.15) is 33.6 Å². The molecule has 0 aromatic heterocycles.